The second kappa shape index (κ2) is 6.54. The third-order valence-corrected chi connectivity index (χ3v) is 6.28. The van der Waals surface area contributed by atoms with E-state index in [1.807, 2.05) is 17.0 Å². The Morgan fingerprint density at radius 1 is 1.28 bits per heavy atom. The van der Waals surface area contributed by atoms with E-state index < -0.39 is 0 Å². The summed E-state index contributed by atoms with van der Waals surface area (Å²) in [6.45, 7) is 6.08. The van der Waals surface area contributed by atoms with Crippen molar-refractivity contribution < 1.29 is 9.53 Å². The van der Waals surface area contributed by atoms with Crippen molar-refractivity contribution in [3.05, 3.63) is 41.4 Å². The van der Waals surface area contributed by atoms with Gasteiger partial charge >= 0.3 is 0 Å². The van der Waals surface area contributed by atoms with Gasteiger partial charge in [-0.2, -0.15) is 0 Å². The largest absolute Gasteiger partial charge is 0.372 e. The van der Waals surface area contributed by atoms with Crippen LogP contribution in [0.15, 0.2) is 36.4 Å². The van der Waals surface area contributed by atoms with E-state index >= 15 is 0 Å². The molecule has 0 bridgehead atoms. The lowest BCUT2D eigenvalue weighted by Gasteiger charge is -2.40. The Labute approximate surface area is 152 Å². The normalized spacial score (nSPS) is 26.1. The highest BCUT2D eigenvalue weighted by atomic mass is 32.1. The molecule has 2 aliphatic rings. The molecular formula is C20H24N2O2S. The predicted molar refractivity (Wildman–Crippen MR) is 101 cm³/mol. The summed E-state index contributed by atoms with van der Waals surface area (Å²) in [7, 11) is 0. The summed E-state index contributed by atoms with van der Waals surface area (Å²) in [4.78, 5) is 20.1. The predicted octanol–water partition coefficient (Wildman–Crippen LogP) is 3.98. The number of aromatic nitrogens is 1. The van der Waals surface area contributed by atoms with Crippen LogP contribution in [0.1, 0.15) is 37.6 Å². The maximum absolute atomic E-state index is 13.3. The van der Waals surface area contributed by atoms with Crippen LogP contribution in [0.3, 0.4) is 0 Å². The minimum Gasteiger partial charge on any atom is -0.372 e. The van der Waals surface area contributed by atoms with E-state index in [9.17, 15) is 4.79 Å². The van der Waals surface area contributed by atoms with Gasteiger partial charge in [-0.25, -0.2) is 4.98 Å². The minimum atomic E-state index is -0.260. The number of benzene rings is 1. The van der Waals surface area contributed by atoms with Crippen LogP contribution >= 0.6 is 11.3 Å². The first-order valence-electron chi connectivity index (χ1n) is 8.97. The number of amides is 1. The lowest BCUT2D eigenvalue weighted by molar-refractivity contribution is -0.150. The zero-order valence-corrected chi connectivity index (χ0v) is 15.6. The van der Waals surface area contributed by atoms with Crippen LogP contribution in [0.2, 0.25) is 0 Å². The number of thiazole rings is 1. The Morgan fingerprint density at radius 2 is 2.08 bits per heavy atom. The first-order valence-corrected chi connectivity index (χ1v) is 9.78. The molecule has 5 heteroatoms. The molecule has 1 amide bonds. The number of morpholine rings is 1. The van der Waals surface area contributed by atoms with E-state index in [-0.39, 0.29) is 23.3 Å². The minimum absolute atomic E-state index is 0.0144. The second-order valence-electron chi connectivity index (χ2n) is 7.54. The van der Waals surface area contributed by atoms with Crippen LogP contribution in [-0.2, 0) is 9.53 Å². The number of carbonyl (C=O) groups excluding carboxylic acids is 1. The lowest BCUT2D eigenvalue weighted by Crippen LogP contribution is -2.52. The molecule has 0 saturated carbocycles. The summed E-state index contributed by atoms with van der Waals surface area (Å²) in [6.07, 6.45) is 6.04. The summed E-state index contributed by atoms with van der Waals surface area (Å²) in [5.74, 6) is 0.422. The number of allylic oxidation sites excluding steroid dienone is 2. The fourth-order valence-electron chi connectivity index (χ4n) is 3.85. The van der Waals surface area contributed by atoms with E-state index in [4.69, 9.17) is 9.72 Å². The lowest BCUT2D eigenvalue weighted by atomic mass is 9.82. The van der Waals surface area contributed by atoms with Crippen molar-refractivity contribution in [1.29, 1.82) is 0 Å². The van der Waals surface area contributed by atoms with E-state index in [0.29, 0.717) is 19.7 Å². The molecule has 2 aromatic rings. The molecule has 0 spiro atoms. The summed E-state index contributed by atoms with van der Waals surface area (Å²) in [6, 6.07) is 8.22. The van der Waals surface area contributed by atoms with Gasteiger partial charge < -0.3 is 9.64 Å². The Balaban J connectivity index is 1.60. The Kier molecular flexibility index (Phi) is 4.38. The fourth-order valence-corrected chi connectivity index (χ4v) is 4.99. The van der Waals surface area contributed by atoms with Crippen LogP contribution in [0.25, 0.3) is 10.2 Å². The maximum atomic E-state index is 13.3. The van der Waals surface area contributed by atoms with Gasteiger partial charge in [0.15, 0.2) is 0 Å². The highest BCUT2D eigenvalue weighted by Crippen LogP contribution is 2.39. The van der Waals surface area contributed by atoms with E-state index in [1.165, 1.54) is 4.70 Å². The van der Waals surface area contributed by atoms with Crippen molar-refractivity contribution >= 4 is 27.5 Å². The zero-order chi connectivity index (χ0) is 17.4. The van der Waals surface area contributed by atoms with Crippen LogP contribution in [0.4, 0.5) is 0 Å². The molecule has 2 atom stereocenters. The van der Waals surface area contributed by atoms with Gasteiger partial charge in [-0.05, 0) is 38.8 Å². The van der Waals surface area contributed by atoms with Crippen molar-refractivity contribution in [2.45, 2.75) is 38.2 Å². The topological polar surface area (TPSA) is 42.4 Å². The van der Waals surface area contributed by atoms with Gasteiger partial charge in [0.05, 0.1) is 33.4 Å². The molecule has 1 aromatic carbocycles. The van der Waals surface area contributed by atoms with E-state index in [2.05, 4.69) is 38.1 Å². The van der Waals surface area contributed by atoms with Crippen LogP contribution in [0, 0.1) is 5.92 Å². The average Bonchev–Trinajstić information content (AvgIpc) is 3.04. The van der Waals surface area contributed by atoms with Crippen molar-refractivity contribution in [3.63, 3.8) is 0 Å². The highest BCUT2D eigenvalue weighted by Gasteiger charge is 2.38. The molecule has 0 N–H and O–H groups in total. The summed E-state index contributed by atoms with van der Waals surface area (Å²) in [5, 5.41) is 1.09. The van der Waals surface area contributed by atoms with Gasteiger partial charge in [0.25, 0.3) is 0 Å². The molecule has 4 rings (SSSR count). The molecule has 25 heavy (non-hydrogen) atoms. The number of carbonyl (C=O) groups is 1. The van der Waals surface area contributed by atoms with Gasteiger partial charge in [0.1, 0.15) is 0 Å². The number of nitrogens with zero attached hydrogens (tertiary/aromatic N) is 2. The quantitative estimate of drug-likeness (QED) is 0.764. The van der Waals surface area contributed by atoms with E-state index in [1.54, 1.807) is 11.3 Å². The summed E-state index contributed by atoms with van der Waals surface area (Å²) in [5.41, 5.74) is 0.778. The smallest absolute Gasteiger partial charge is 0.226 e. The number of rotatable bonds is 2. The van der Waals surface area contributed by atoms with Crippen LogP contribution < -0.4 is 0 Å². The Bertz CT molecular complexity index is 778. The molecule has 1 aliphatic carbocycles. The number of hydrogen-bond acceptors (Lipinski definition) is 4. The van der Waals surface area contributed by atoms with Crippen LogP contribution in [0.5, 0.6) is 0 Å². The number of para-hydroxylation sites is 1. The molecule has 4 nitrogen and oxygen atoms in total. The standard InChI is InChI=1S/C20H24N2O2S/c1-20(2)13-22(11-12-24-20)19(23)15-8-4-3-7-14(15)18-21-16-9-5-6-10-17(16)25-18/h3-6,9-10,14-15H,7-8,11-13H2,1-2H3. The van der Waals surface area contributed by atoms with Gasteiger partial charge in [0.2, 0.25) is 5.91 Å². The zero-order valence-electron chi connectivity index (χ0n) is 14.8. The summed E-state index contributed by atoms with van der Waals surface area (Å²) >= 11 is 1.73. The highest BCUT2D eigenvalue weighted by molar-refractivity contribution is 7.18. The monoisotopic (exact) mass is 356 g/mol. The van der Waals surface area contributed by atoms with Crippen molar-refractivity contribution in [3.8, 4) is 0 Å². The molecule has 2 heterocycles. The molecule has 1 fully saturated rings. The SMILES string of the molecule is CC1(C)CN(C(=O)C2CC=CCC2c2nc3ccccc3s2)CCO1. The number of fused-ring (bicyclic) bond motifs is 1. The Hall–Kier alpha value is -1.72. The average molecular weight is 356 g/mol. The first-order chi connectivity index (χ1) is 12.0. The number of ether oxygens (including phenoxy) is 1. The molecule has 0 radical (unpaired) electrons. The number of hydrogen-bond donors (Lipinski definition) is 0. The van der Waals surface area contributed by atoms with Gasteiger partial charge in [-0.3, -0.25) is 4.79 Å². The van der Waals surface area contributed by atoms with Gasteiger partial charge in [0, 0.05) is 19.0 Å². The Morgan fingerprint density at radius 3 is 2.88 bits per heavy atom. The maximum Gasteiger partial charge on any atom is 0.226 e. The van der Waals surface area contributed by atoms with Gasteiger partial charge in [-0.15, -0.1) is 11.3 Å². The second-order valence-corrected chi connectivity index (χ2v) is 8.61. The van der Waals surface area contributed by atoms with Crippen molar-refractivity contribution in [2.75, 3.05) is 19.7 Å². The van der Waals surface area contributed by atoms with E-state index in [0.717, 1.165) is 23.4 Å². The molecule has 1 aliphatic heterocycles. The first kappa shape index (κ1) is 16.7. The van der Waals surface area contributed by atoms with Crippen molar-refractivity contribution in [2.24, 2.45) is 5.92 Å². The molecule has 132 valence electrons. The third-order valence-electron chi connectivity index (χ3n) is 5.11. The van der Waals surface area contributed by atoms with Gasteiger partial charge in [-0.1, -0.05) is 24.3 Å². The molecule has 1 aromatic heterocycles. The molecule has 1 saturated heterocycles. The molecular weight excluding hydrogens is 332 g/mol. The summed E-state index contributed by atoms with van der Waals surface area (Å²) < 4.78 is 6.97. The third kappa shape index (κ3) is 3.35. The molecule has 2 unspecified atom stereocenters. The van der Waals surface area contributed by atoms with Crippen LogP contribution in [-0.4, -0.2) is 41.1 Å². The van der Waals surface area contributed by atoms with Crippen molar-refractivity contribution in [1.82, 2.24) is 9.88 Å². The fraction of sp³-hybridized carbons (Fsp3) is 0.500.